The number of methoxy groups -OCH3 is 1. The number of benzene rings is 3. The predicted molar refractivity (Wildman–Crippen MR) is 154 cm³/mol. The van der Waals surface area contributed by atoms with Gasteiger partial charge in [0.1, 0.15) is 5.82 Å². The third-order valence-electron chi connectivity index (χ3n) is 6.67. The summed E-state index contributed by atoms with van der Waals surface area (Å²) in [6.07, 6.45) is 0.847. The molecule has 3 aromatic carbocycles. The number of carbonyl (C=O) groups excluding carboxylic acids is 2. The van der Waals surface area contributed by atoms with E-state index in [9.17, 15) is 14.0 Å². The summed E-state index contributed by atoms with van der Waals surface area (Å²) in [6.45, 7) is 2.78. The molecule has 7 nitrogen and oxygen atoms in total. The molecule has 2 N–H and O–H groups in total. The zero-order valence-electron chi connectivity index (χ0n) is 22.9. The van der Waals surface area contributed by atoms with Gasteiger partial charge in [-0.15, -0.1) is 0 Å². The summed E-state index contributed by atoms with van der Waals surface area (Å²) in [5.74, 6) is -0.972. The topological polar surface area (TPSA) is 73.9 Å². The molecule has 39 heavy (non-hydrogen) atoms. The Morgan fingerprint density at radius 2 is 1.64 bits per heavy atom. The maximum Gasteiger partial charge on any atom is 0.305 e. The van der Waals surface area contributed by atoms with E-state index in [0.29, 0.717) is 35.4 Å². The molecule has 4 rings (SSSR count). The van der Waals surface area contributed by atoms with Gasteiger partial charge in [-0.1, -0.05) is 36.4 Å². The van der Waals surface area contributed by atoms with Crippen molar-refractivity contribution in [1.82, 2.24) is 9.80 Å². The van der Waals surface area contributed by atoms with Crippen molar-refractivity contribution >= 4 is 34.5 Å². The molecule has 0 saturated heterocycles. The quantitative estimate of drug-likeness (QED) is 0.273. The van der Waals surface area contributed by atoms with E-state index in [1.165, 1.54) is 24.8 Å². The van der Waals surface area contributed by atoms with Crippen LogP contribution in [0, 0.1) is 5.82 Å². The number of esters is 1. The molecule has 3 aromatic rings. The van der Waals surface area contributed by atoms with E-state index < -0.39 is 5.82 Å². The molecule has 1 heterocycles. The molecular weight excluding hydrogens is 495 g/mol. The molecular formula is C31H35FN4O3. The minimum absolute atomic E-state index is 0.262. The second kappa shape index (κ2) is 12.7. The maximum absolute atomic E-state index is 13.9. The van der Waals surface area contributed by atoms with Gasteiger partial charge in [0.2, 0.25) is 0 Å². The first kappa shape index (κ1) is 28.0. The number of hydrogen-bond donors (Lipinski definition) is 2. The number of fused-ring (bicyclic) bond motifs is 1. The summed E-state index contributed by atoms with van der Waals surface area (Å²) in [5, 5.41) is 6.24. The molecule has 0 spiro atoms. The Labute approximate surface area is 229 Å². The van der Waals surface area contributed by atoms with Gasteiger partial charge < -0.3 is 25.2 Å². The second-order valence-electron chi connectivity index (χ2n) is 10.0. The lowest BCUT2D eigenvalue weighted by atomic mass is 9.98. The van der Waals surface area contributed by atoms with Gasteiger partial charge in [-0.3, -0.25) is 9.59 Å². The summed E-state index contributed by atoms with van der Waals surface area (Å²) in [4.78, 5) is 29.1. The lowest BCUT2D eigenvalue weighted by Crippen LogP contribution is -2.28. The van der Waals surface area contributed by atoms with Gasteiger partial charge in [-0.25, -0.2) is 4.39 Å². The largest absolute Gasteiger partial charge is 0.469 e. The number of carbonyl (C=O) groups is 2. The number of amides is 1. The summed E-state index contributed by atoms with van der Waals surface area (Å²) < 4.78 is 18.6. The molecule has 0 saturated carbocycles. The van der Waals surface area contributed by atoms with Crippen molar-refractivity contribution in [2.24, 2.45) is 0 Å². The molecule has 0 unspecified atom stereocenters. The van der Waals surface area contributed by atoms with Gasteiger partial charge in [0.05, 0.1) is 24.1 Å². The highest BCUT2D eigenvalue weighted by Gasteiger charge is 2.29. The van der Waals surface area contributed by atoms with E-state index >= 15 is 0 Å². The van der Waals surface area contributed by atoms with Crippen LogP contribution in [0.4, 0.5) is 15.8 Å². The molecule has 204 valence electrons. The fraction of sp³-hybridized carbons (Fsp3) is 0.290. The first-order valence-electron chi connectivity index (χ1n) is 12.9. The second-order valence-corrected chi connectivity index (χ2v) is 10.0. The minimum Gasteiger partial charge on any atom is -0.469 e. The van der Waals surface area contributed by atoms with Crippen molar-refractivity contribution in [2.75, 3.05) is 52.0 Å². The Kier molecular flexibility index (Phi) is 9.11. The number of anilines is 2. The monoisotopic (exact) mass is 530 g/mol. The Balaban J connectivity index is 1.62. The summed E-state index contributed by atoms with van der Waals surface area (Å²) in [7, 11) is 7.61. The Bertz CT molecular complexity index is 1350. The molecule has 0 aliphatic carbocycles. The van der Waals surface area contributed by atoms with Crippen molar-refractivity contribution in [1.29, 1.82) is 0 Å². The van der Waals surface area contributed by atoms with Crippen LogP contribution in [0.3, 0.4) is 0 Å². The van der Waals surface area contributed by atoms with Crippen LogP contribution in [0.2, 0.25) is 0 Å². The van der Waals surface area contributed by atoms with E-state index in [-0.39, 0.29) is 11.9 Å². The SMILES string of the molecule is COC(=O)CCc1ccc(C(Nc2ccc(CN(C)CCN(C)C)cc2)=C2C(=O)Nc3cc(F)ccc32)cc1. The lowest BCUT2D eigenvalue weighted by molar-refractivity contribution is -0.140. The Hall–Kier alpha value is -4.01. The van der Waals surface area contributed by atoms with Crippen molar-refractivity contribution in [2.45, 2.75) is 19.4 Å². The van der Waals surface area contributed by atoms with Crippen molar-refractivity contribution < 1.29 is 18.7 Å². The number of nitrogens with one attached hydrogen (secondary N) is 2. The van der Waals surface area contributed by atoms with Crippen molar-refractivity contribution in [3.8, 4) is 0 Å². The fourth-order valence-corrected chi connectivity index (χ4v) is 4.46. The van der Waals surface area contributed by atoms with Crippen molar-refractivity contribution in [3.05, 3.63) is 94.8 Å². The van der Waals surface area contributed by atoms with E-state index in [4.69, 9.17) is 4.74 Å². The van der Waals surface area contributed by atoms with Gasteiger partial charge in [0.15, 0.2) is 0 Å². The fourth-order valence-electron chi connectivity index (χ4n) is 4.46. The zero-order chi connectivity index (χ0) is 27.9. The van der Waals surface area contributed by atoms with Crippen LogP contribution in [0.15, 0.2) is 66.7 Å². The maximum atomic E-state index is 13.9. The number of nitrogens with zero attached hydrogens (tertiary/aromatic N) is 2. The number of likely N-dealkylation sites (N-methyl/N-ethyl adjacent to an activating group) is 2. The van der Waals surface area contributed by atoms with Crippen LogP contribution in [0.1, 0.15) is 28.7 Å². The van der Waals surface area contributed by atoms with Crippen molar-refractivity contribution in [3.63, 3.8) is 0 Å². The molecule has 0 fully saturated rings. The molecule has 1 aliphatic rings. The number of rotatable bonds is 11. The third kappa shape index (κ3) is 7.31. The normalized spacial score (nSPS) is 13.9. The van der Waals surface area contributed by atoms with E-state index in [1.807, 2.05) is 36.4 Å². The molecule has 0 atom stereocenters. The molecule has 1 amide bonds. The van der Waals surface area contributed by atoms with Crippen LogP contribution < -0.4 is 10.6 Å². The molecule has 0 radical (unpaired) electrons. The van der Waals surface area contributed by atoms with Crippen LogP contribution in [-0.2, 0) is 27.3 Å². The van der Waals surface area contributed by atoms with E-state index in [1.54, 1.807) is 6.07 Å². The van der Waals surface area contributed by atoms with Gasteiger partial charge in [-0.2, -0.15) is 0 Å². The first-order chi connectivity index (χ1) is 18.7. The molecule has 8 heteroatoms. The van der Waals surface area contributed by atoms with Gasteiger partial charge in [0.25, 0.3) is 5.91 Å². The number of aryl methyl sites for hydroxylation is 1. The average molecular weight is 531 g/mol. The van der Waals surface area contributed by atoms with Crippen LogP contribution in [-0.4, -0.2) is 63.0 Å². The van der Waals surface area contributed by atoms with Gasteiger partial charge in [0, 0.05) is 37.3 Å². The van der Waals surface area contributed by atoms with Gasteiger partial charge >= 0.3 is 5.97 Å². The van der Waals surface area contributed by atoms with Crippen LogP contribution in [0.25, 0.3) is 11.3 Å². The average Bonchev–Trinajstić information content (AvgIpc) is 3.24. The molecule has 0 bridgehead atoms. The summed E-state index contributed by atoms with van der Waals surface area (Å²) >= 11 is 0. The minimum atomic E-state index is -0.411. The number of ether oxygens (including phenoxy) is 1. The highest BCUT2D eigenvalue weighted by atomic mass is 19.1. The third-order valence-corrected chi connectivity index (χ3v) is 6.67. The van der Waals surface area contributed by atoms with Gasteiger partial charge in [-0.05, 0) is 74.6 Å². The zero-order valence-corrected chi connectivity index (χ0v) is 22.9. The standard InChI is InChI=1S/C31H35FN4O3/c1-35(2)17-18-36(3)20-22-7-13-25(14-8-22)33-30(23-10-5-21(6-11-23)9-16-28(37)39-4)29-26-15-12-24(32)19-27(26)34-31(29)38/h5-8,10-15,19,33H,9,16-18,20H2,1-4H3,(H,34,38). The highest BCUT2D eigenvalue weighted by molar-refractivity contribution is 6.37. The molecule has 0 aromatic heterocycles. The van der Waals surface area contributed by atoms with E-state index in [0.717, 1.165) is 36.4 Å². The first-order valence-corrected chi connectivity index (χ1v) is 12.9. The summed E-state index contributed by atoms with van der Waals surface area (Å²) in [5.41, 5.74) is 5.94. The smallest absolute Gasteiger partial charge is 0.305 e. The predicted octanol–water partition coefficient (Wildman–Crippen LogP) is 4.86. The highest BCUT2D eigenvalue weighted by Crippen LogP contribution is 2.38. The van der Waals surface area contributed by atoms with Crippen LogP contribution >= 0.6 is 0 Å². The number of halogens is 1. The van der Waals surface area contributed by atoms with E-state index in [2.05, 4.69) is 53.7 Å². The Morgan fingerprint density at radius 1 is 0.949 bits per heavy atom. The number of hydrogen-bond acceptors (Lipinski definition) is 6. The summed E-state index contributed by atoms with van der Waals surface area (Å²) in [6, 6.07) is 20.2. The Morgan fingerprint density at radius 3 is 2.31 bits per heavy atom. The molecule has 1 aliphatic heterocycles. The lowest BCUT2D eigenvalue weighted by Gasteiger charge is -2.20. The van der Waals surface area contributed by atoms with Crippen LogP contribution in [0.5, 0.6) is 0 Å².